The number of hydrogen-bond donors (Lipinski definition) is 1. The lowest BCUT2D eigenvalue weighted by Gasteiger charge is -2.33. The molecule has 0 atom stereocenters. The standard InChI is InChI=1S/C10H15N2O3P/c1-10(2)7-14-16(13,15-8-10)12-9-5-3-4-6-11-9/h3-6H,7-8H2,1-2H3,(H,11,12,13). The summed E-state index contributed by atoms with van der Waals surface area (Å²) in [4.78, 5) is 4.01. The van der Waals surface area contributed by atoms with E-state index >= 15 is 0 Å². The third kappa shape index (κ3) is 2.82. The van der Waals surface area contributed by atoms with Gasteiger partial charge in [0, 0.05) is 11.6 Å². The van der Waals surface area contributed by atoms with Crippen molar-refractivity contribution in [3.63, 3.8) is 0 Å². The van der Waals surface area contributed by atoms with E-state index in [0.717, 1.165) is 0 Å². The fraction of sp³-hybridized carbons (Fsp3) is 0.500. The monoisotopic (exact) mass is 242 g/mol. The molecule has 16 heavy (non-hydrogen) atoms. The maximum atomic E-state index is 12.1. The molecule has 1 aromatic heterocycles. The van der Waals surface area contributed by atoms with Crippen molar-refractivity contribution in [2.24, 2.45) is 5.41 Å². The topological polar surface area (TPSA) is 60.5 Å². The van der Waals surface area contributed by atoms with Crippen LogP contribution in [0.15, 0.2) is 24.4 Å². The van der Waals surface area contributed by atoms with Crippen molar-refractivity contribution >= 4 is 13.6 Å². The van der Waals surface area contributed by atoms with Crippen molar-refractivity contribution in [3.8, 4) is 0 Å². The van der Waals surface area contributed by atoms with Crippen LogP contribution in [0.5, 0.6) is 0 Å². The van der Waals surface area contributed by atoms with Crippen molar-refractivity contribution in [1.82, 2.24) is 4.98 Å². The van der Waals surface area contributed by atoms with Crippen LogP contribution in [0.3, 0.4) is 0 Å². The number of anilines is 1. The minimum absolute atomic E-state index is 0.0975. The van der Waals surface area contributed by atoms with Crippen LogP contribution in [-0.2, 0) is 13.6 Å². The van der Waals surface area contributed by atoms with E-state index in [-0.39, 0.29) is 5.41 Å². The lowest BCUT2D eigenvalue weighted by Crippen LogP contribution is -2.30. The Kier molecular flexibility index (Phi) is 3.02. The number of nitrogens with one attached hydrogen (secondary N) is 1. The Morgan fingerprint density at radius 1 is 1.38 bits per heavy atom. The molecule has 88 valence electrons. The van der Waals surface area contributed by atoms with Crippen LogP contribution in [0.2, 0.25) is 0 Å². The molecule has 0 bridgehead atoms. The highest BCUT2D eigenvalue weighted by molar-refractivity contribution is 7.55. The molecule has 1 aliphatic rings. The molecular formula is C10H15N2O3P. The summed E-state index contributed by atoms with van der Waals surface area (Å²) >= 11 is 0. The minimum atomic E-state index is -3.23. The molecular weight excluding hydrogens is 227 g/mol. The number of rotatable bonds is 2. The molecule has 1 saturated heterocycles. The number of pyridine rings is 1. The van der Waals surface area contributed by atoms with Crippen molar-refractivity contribution in [2.45, 2.75) is 13.8 Å². The summed E-state index contributed by atoms with van der Waals surface area (Å²) in [5.41, 5.74) is -0.0975. The summed E-state index contributed by atoms with van der Waals surface area (Å²) < 4.78 is 22.6. The van der Waals surface area contributed by atoms with Gasteiger partial charge < -0.3 is 0 Å². The van der Waals surface area contributed by atoms with Crippen molar-refractivity contribution in [2.75, 3.05) is 18.3 Å². The normalized spacial score (nSPS) is 22.6. The first-order valence-electron chi connectivity index (χ1n) is 5.08. The van der Waals surface area contributed by atoms with E-state index in [1.165, 1.54) is 0 Å². The fourth-order valence-corrected chi connectivity index (χ4v) is 2.89. The van der Waals surface area contributed by atoms with E-state index in [2.05, 4.69) is 10.1 Å². The quantitative estimate of drug-likeness (QED) is 0.808. The SMILES string of the molecule is CC1(C)COP(=O)(Nc2ccccn2)OC1. The number of hydrogen-bond acceptors (Lipinski definition) is 4. The first kappa shape index (κ1) is 11.6. The van der Waals surface area contributed by atoms with Crippen molar-refractivity contribution < 1.29 is 13.6 Å². The summed E-state index contributed by atoms with van der Waals surface area (Å²) in [6, 6.07) is 5.30. The highest BCUT2D eigenvalue weighted by Crippen LogP contribution is 2.52. The molecule has 0 radical (unpaired) electrons. The van der Waals surface area contributed by atoms with E-state index in [9.17, 15) is 4.57 Å². The Morgan fingerprint density at radius 3 is 2.62 bits per heavy atom. The zero-order chi connectivity index (χ0) is 11.6. The molecule has 0 unspecified atom stereocenters. The average Bonchev–Trinajstić information content (AvgIpc) is 2.25. The molecule has 5 nitrogen and oxygen atoms in total. The molecule has 0 amide bonds. The third-order valence-electron chi connectivity index (χ3n) is 2.17. The second-order valence-corrected chi connectivity index (χ2v) is 6.27. The lowest BCUT2D eigenvalue weighted by molar-refractivity contribution is 0.0437. The second kappa shape index (κ2) is 4.17. The van der Waals surface area contributed by atoms with Gasteiger partial charge in [0.15, 0.2) is 0 Å². The summed E-state index contributed by atoms with van der Waals surface area (Å²) in [6.07, 6.45) is 1.61. The highest BCUT2D eigenvalue weighted by Gasteiger charge is 2.37. The molecule has 0 spiro atoms. The molecule has 6 heteroatoms. The molecule has 1 N–H and O–H groups in total. The smallest absolute Gasteiger partial charge is 0.292 e. The van der Waals surface area contributed by atoms with Gasteiger partial charge in [-0.1, -0.05) is 19.9 Å². The first-order valence-corrected chi connectivity index (χ1v) is 6.62. The summed E-state index contributed by atoms with van der Waals surface area (Å²) in [5.74, 6) is 0.491. The van der Waals surface area contributed by atoms with Crippen molar-refractivity contribution in [1.29, 1.82) is 0 Å². The predicted molar refractivity (Wildman–Crippen MR) is 61.2 cm³/mol. The van der Waals surface area contributed by atoms with E-state index < -0.39 is 7.75 Å². The van der Waals surface area contributed by atoms with Gasteiger partial charge in [0.05, 0.1) is 13.2 Å². The van der Waals surface area contributed by atoms with Crippen LogP contribution < -0.4 is 5.09 Å². The van der Waals surface area contributed by atoms with E-state index in [4.69, 9.17) is 9.05 Å². The predicted octanol–water partition coefficient (Wildman–Crippen LogP) is 2.67. The molecule has 2 rings (SSSR count). The first-order chi connectivity index (χ1) is 7.49. The van der Waals surface area contributed by atoms with Gasteiger partial charge in [-0.15, -0.1) is 0 Å². The highest BCUT2D eigenvalue weighted by atomic mass is 31.2. The van der Waals surface area contributed by atoms with E-state index in [0.29, 0.717) is 19.0 Å². The molecule has 1 aliphatic heterocycles. The minimum Gasteiger partial charge on any atom is -0.292 e. The summed E-state index contributed by atoms with van der Waals surface area (Å²) in [7, 11) is -3.23. The molecule has 0 aromatic carbocycles. The molecule has 0 saturated carbocycles. The Bertz CT molecular complexity index is 394. The third-order valence-corrected chi connectivity index (χ3v) is 3.61. The lowest BCUT2D eigenvalue weighted by atomic mass is 9.97. The van der Waals surface area contributed by atoms with Gasteiger partial charge in [0.25, 0.3) is 0 Å². The maximum absolute atomic E-state index is 12.1. The van der Waals surface area contributed by atoms with Gasteiger partial charge in [0.2, 0.25) is 0 Å². The van der Waals surface area contributed by atoms with E-state index in [1.54, 1.807) is 24.4 Å². The van der Waals surface area contributed by atoms with Crippen molar-refractivity contribution in [3.05, 3.63) is 24.4 Å². The summed E-state index contributed by atoms with van der Waals surface area (Å²) in [5, 5.41) is 2.70. The zero-order valence-electron chi connectivity index (χ0n) is 9.34. The Labute approximate surface area is 94.8 Å². The number of nitrogens with zero attached hydrogens (tertiary/aromatic N) is 1. The van der Waals surface area contributed by atoms with Gasteiger partial charge in [-0.3, -0.25) is 14.1 Å². The molecule has 1 fully saturated rings. The van der Waals surface area contributed by atoms with E-state index in [1.807, 2.05) is 13.8 Å². The Balaban J connectivity index is 2.03. The van der Waals surface area contributed by atoms with Gasteiger partial charge in [0.1, 0.15) is 5.82 Å². The van der Waals surface area contributed by atoms with Crippen LogP contribution in [-0.4, -0.2) is 18.2 Å². The summed E-state index contributed by atoms with van der Waals surface area (Å²) in [6.45, 7) is 4.81. The number of aromatic nitrogens is 1. The fourth-order valence-electron chi connectivity index (χ4n) is 1.23. The molecule has 0 aliphatic carbocycles. The van der Waals surface area contributed by atoms with Crippen LogP contribution in [0.4, 0.5) is 5.82 Å². The largest absolute Gasteiger partial charge is 0.433 e. The van der Waals surface area contributed by atoms with Crippen LogP contribution >= 0.6 is 7.75 Å². The van der Waals surface area contributed by atoms with Gasteiger partial charge in [-0.2, -0.15) is 0 Å². The molecule has 2 heterocycles. The van der Waals surface area contributed by atoms with Crippen LogP contribution in [0.1, 0.15) is 13.8 Å². The Hall–Kier alpha value is -0.900. The Morgan fingerprint density at radius 2 is 2.06 bits per heavy atom. The van der Waals surface area contributed by atoms with Gasteiger partial charge in [-0.25, -0.2) is 9.55 Å². The maximum Gasteiger partial charge on any atom is 0.433 e. The van der Waals surface area contributed by atoms with Gasteiger partial charge in [-0.05, 0) is 12.1 Å². The van der Waals surface area contributed by atoms with Gasteiger partial charge >= 0.3 is 7.75 Å². The second-order valence-electron chi connectivity index (χ2n) is 4.54. The van der Waals surface area contributed by atoms with Crippen LogP contribution in [0.25, 0.3) is 0 Å². The average molecular weight is 242 g/mol. The zero-order valence-corrected chi connectivity index (χ0v) is 10.2. The molecule has 1 aromatic rings. The van der Waals surface area contributed by atoms with Crippen LogP contribution in [0, 0.1) is 5.41 Å².